The fraction of sp³-hybridized carbons (Fsp3) is 0.655. The van der Waals surface area contributed by atoms with Gasteiger partial charge in [-0.25, -0.2) is 9.59 Å². The van der Waals surface area contributed by atoms with E-state index in [0.717, 1.165) is 0 Å². The molecule has 9 amide bonds. The Morgan fingerprint density at radius 3 is 1.96 bits per heavy atom. The molecule has 0 aromatic heterocycles. The summed E-state index contributed by atoms with van der Waals surface area (Å²) >= 11 is 0. The second-order valence-corrected chi connectivity index (χ2v) is 22.3. The van der Waals surface area contributed by atoms with Crippen LogP contribution >= 0.6 is 0 Å². The average Bonchev–Trinajstić information content (AvgIpc) is 3.91. The molecule has 22 nitrogen and oxygen atoms in total. The summed E-state index contributed by atoms with van der Waals surface area (Å²) in [7, 11) is 6.12. The molecule has 1 unspecified atom stereocenters. The van der Waals surface area contributed by atoms with Gasteiger partial charge < -0.3 is 67.2 Å². The topological polar surface area (TPSA) is 306 Å². The van der Waals surface area contributed by atoms with E-state index in [4.69, 9.17) is 25.7 Å². The van der Waals surface area contributed by atoms with E-state index in [9.17, 15) is 43.5 Å². The number of likely N-dealkylation sites (tertiary alicyclic amines) is 1. The van der Waals surface area contributed by atoms with E-state index < -0.39 is 114 Å². The Morgan fingerprint density at radius 1 is 0.775 bits per heavy atom. The minimum absolute atomic E-state index is 0.0747. The average molecular weight is 1120 g/mol. The molecule has 12 atom stereocenters. The van der Waals surface area contributed by atoms with E-state index >= 15 is 0 Å². The molecular weight excluding hydrogens is 1030 g/mol. The Bertz CT molecular complexity index is 2320. The van der Waals surface area contributed by atoms with Crippen molar-refractivity contribution in [3.05, 3.63) is 65.7 Å². The molecule has 1 fully saturated rings. The zero-order valence-corrected chi connectivity index (χ0v) is 49.7. The van der Waals surface area contributed by atoms with Crippen molar-refractivity contribution in [3.63, 3.8) is 0 Å². The number of nitrogens with one attached hydrogen (secondary N) is 5. The first-order chi connectivity index (χ1) is 37.7. The van der Waals surface area contributed by atoms with Gasteiger partial charge in [0.25, 0.3) is 0 Å². The number of urea groups is 1. The first-order valence-corrected chi connectivity index (χ1v) is 28.0. The van der Waals surface area contributed by atoms with Crippen LogP contribution in [0.3, 0.4) is 0 Å². The third-order valence-corrected chi connectivity index (χ3v) is 15.3. The van der Waals surface area contributed by atoms with Gasteiger partial charge in [-0.15, -0.1) is 0 Å². The van der Waals surface area contributed by atoms with Gasteiger partial charge in [-0.05, 0) is 79.5 Å². The summed E-state index contributed by atoms with van der Waals surface area (Å²) < 4.78 is 17.7. The molecule has 1 aliphatic rings. The van der Waals surface area contributed by atoms with Crippen molar-refractivity contribution in [2.45, 2.75) is 175 Å². The summed E-state index contributed by atoms with van der Waals surface area (Å²) in [6.45, 7) is 18.7. The first kappa shape index (κ1) is 67.9. The third-order valence-electron chi connectivity index (χ3n) is 15.3. The van der Waals surface area contributed by atoms with Crippen LogP contribution in [-0.4, -0.2) is 163 Å². The number of ether oxygens (including phenoxy) is 3. The van der Waals surface area contributed by atoms with E-state index in [1.54, 1.807) is 94.8 Å². The molecular formula is C58H94N10O12. The Kier molecular flexibility index (Phi) is 27.8. The number of hydrogen-bond donors (Lipinski definition) is 8. The van der Waals surface area contributed by atoms with Crippen LogP contribution in [0.25, 0.3) is 0 Å². The lowest BCUT2D eigenvalue weighted by atomic mass is 9.89. The van der Waals surface area contributed by atoms with Crippen molar-refractivity contribution in [1.82, 2.24) is 36.0 Å². The molecule has 0 aliphatic carbocycles. The van der Waals surface area contributed by atoms with E-state index in [-0.39, 0.29) is 49.6 Å². The summed E-state index contributed by atoms with van der Waals surface area (Å²) in [4.78, 5) is 112. The number of aliphatic hydroxyl groups is 1. The molecule has 0 spiro atoms. The monoisotopic (exact) mass is 1120 g/mol. The largest absolute Gasteiger partial charge is 0.445 e. The number of hydrogen-bond acceptors (Lipinski definition) is 13. The molecule has 1 aliphatic heterocycles. The number of methoxy groups -OCH3 is 2. The van der Waals surface area contributed by atoms with Crippen LogP contribution in [0.15, 0.2) is 54.6 Å². The Morgan fingerprint density at radius 2 is 1.41 bits per heavy atom. The maximum absolute atomic E-state index is 14.7. The zero-order chi connectivity index (χ0) is 60.1. The normalized spacial score (nSPS) is 17.6. The lowest BCUT2D eigenvalue weighted by molar-refractivity contribution is -0.148. The second kappa shape index (κ2) is 32.8. The molecule has 448 valence electrons. The van der Waals surface area contributed by atoms with E-state index in [1.807, 2.05) is 45.9 Å². The van der Waals surface area contributed by atoms with Crippen molar-refractivity contribution in [2.24, 2.45) is 41.1 Å². The maximum Gasteiger partial charge on any atom is 0.410 e. The maximum atomic E-state index is 14.7. The third kappa shape index (κ3) is 19.4. The second-order valence-electron chi connectivity index (χ2n) is 22.3. The number of aliphatic hydroxyl groups excluding tert-OH is 1. The Balaban J connectivity index is 1.70. The van der Waals surface area contributed by atoms with Crippen LogP contribution < -0.4 is 38.1 Å². The zero-order valence-electron chi connectivity index (χ0n) is 49.7. The highest BCUT2D eigenvalue weighted by Crippen LogP contribution is 2.30. The van der Waals surface area contributed by atoms with Gasteiger partial charge in [0.05, 0.1) is 54.8 Å². The van der Waals surface area contributed by atoms with Gasteiger partial charge in [-0.3, -0.25) is 33.7 Å². The van der Waals surface area contributed by atoms with Crippen molar-refractivity contribution in [1.29, 1.82) is 0 Å². The van der Waals surface area contributed by atoms with Crippen LogP contribution in [0.1, 0.15) is 125 Å². The van der Waals surface area contributed by atoms with E-state index in [1.165, 1.54) is 26.2 Å². The number of nitrogens with two attached hydrogens (primary N) is 2. The minimum Gasteiger partial charge on any atom is -0.445 e. The number of benzene rings is 2. The number of carbonyl (C=O) groups excluding carboxylic acids is 8. The van der Waals surface area contributed by atoms with Crippen molar-refractivity contribution >= 4 is 53.3 Å². The molecule has 1 heterocycles. The quantitative estimate of drug-likeness (QED) is 0.0485. The van der Waals surface area contributed by atoms with Crippen LogP contribution in [-0.2, 0) is 49.6 Å². The summed E-state index contributed by atoms with van der Waals surface area (Å²) in [6.07, 6.45) is -0.736. The molecule has 3 rings (SSSR count). The lowest BCUT2D eigenvalue weighted by Gasteiger charge is -2.41. The SMILES string of the molecule is CC[C@H](C)[C@@H]([C@@H](CC(=O)N1CCC[C@H]1[C@H](OC)[C@@H](C)C(=O)N[C@H](C)[C@@H](O)c1ccccc1)OC)N(C)C(=O)[C@@H](NC(=O)C(C(C)C)N(C)C(=O)OCc1ccc(NC(=O)[C@H](CCCNC(N)=O)NC(=O)[C@@H](N)C(C)C)cc1)C(C)C. The van der Waals surface area contributed by atoms with Crippen LogP contribution in [0.4, 0.5) is 15.3 Å². The smallest absolute Gasteiger partial charge is 0.410 e. The Hall–Kier alpha value is -6.36. The summed E-state index contributed by atoms with van der Waals surface area (Å²) in [6, 6.07) is 9.37. The predicted octanol–water partition coefficient (Wildman–Crippen LogP) is 4.43. The van der Waals surface area contributed by atoms with Crippen LogP contribution in [0.5, 0.6) is 0 Å². The van der Waals surface area contributed by atoms with Crippen molar-refractivity contribution < 1.29 is 57.7 Å². The van der Waals surface area contributed by atoms with Gasteiger partial charge in [-0.2, -0.15) is 0 Å². The molecule has 2 aromatic carbocycles. The Labute approximate surface area is 473 Å². The molecule has 0 radical (unpaired) electrons. The minimum atomic E-state index is -1.05. The van der Waals surface area contributed by atoms with Crippen LogP contribution in [0, 0.1) is 29.6 Å². The number of nitrogens with zero attached hydrogens (tertiary/aromatic N) is 3. The summed E-state index contributed by atoms with van der Waals surface area (Å²) in [5.74, 6) is -4.32. The highest BCUT2D eigenvalue weighted by Gasteiger charge is 2.44. The molecule has 0 saturated carbocycles. The van der Waals surface area contributed by atoms with Crippen molar-refractivity contribution in [2.75, 3.05) is 46.7 Å². The van der Waals surface area contributed by atoms with Gasteiger partial charge in [0.2, 0.25) is 35.4 Å². The van der Waals surface area contributed by atoms with Gasteiger partial charge in [0.1, 0.15) is 24.7 Å². The van der Waals surface area contributed by atoms with Gasteiger partial charge in [0, 0.05) is 47.1 Å². The van der Waals surface area contributed by atoms with Gasteiger partial charge in [-0.1, -0.05) is 111 Å². The van der Waals surface area contributed by atoms with Gasteiger partial charge in [0.15, 0.2) is 0 Å². The lowest BCUT2D eigenvalue weighted by Crippen LogP contribution is -2.60. The van der Waals surface area contributed by atoms with Crippen LogP contribution in [0.2, 0.25) is 0 Å². The number of likely N-dealkylation sites (N-methyl/N-ethyl adjacent to an activating group) is 2. The molecule has 22 heteroatoms. The first-order valence-electron chi connectivity index (χ1n) is 28.0. The number of amides is 9. The fourth-order valence-corrected chi connectivity index (χ4v) is 10.2. The molecule has 10 N–H and O–H groups in total. The standard InChI is InChI=1S/C58H94N10O12/c1-15-36(8)49(44(78-13)31-45(69)68-30-20-24-43(68)51(79-14)37(9)52(71)62-38(10)50(70)40-21-17-16-18-22-40)66(11)56(75)47(34(4)5)65-55(74)48(35(6)7)67(12)58(77)80-32-39-25-27-41(28-26-39)63-53(72)42(23-19-29-61-57(60)76)64-54(73)46(59)33(2)3/h16-18,21-22,25-28,33-38,42-44,46-51,70H,15,19-20,23-24,29-32,59H2,1-14H3,(H,62,71)(H,63,72)(H,64,73)(H,65,74)(H3,60,61,76)/t36-,37+,38+,42-,43-,44+,46-,47-,48?,49-,50+,51+/m0/s1. The number of carbonyl (C=O) groups is 8. The number of anilines is 1. The molecule has 0 bridgehead atoms. The summed E-state index contributed by atoms with van der Waals surface area (Å²) in [5.41, 5.74) is 12.8. The molecule has 2 aromatic rings. The predicted molar refractivity (Wildman–Crippen MR) is 305 cm³/mol. The summed E-state index contributed by atoms with van der Waals surface area (Å²) in [5, 5.41) is 24.8. The number of rotatable bonds is 31. The molecule has 80 heavy (non-hydrogen) atoms. The van der Waals surface area contributed by atoms with E-state index in [0.29, 0.717) is 49.0 Å². The highest BCUT2D eigenvalue weighted by atomic mass is 16.6. The van der Waals surface area contributed by atoms with E-state index in [2.05, 4.69) is 26.6 Å². The van der Waals surface area contributed by atoms with Gasteiger partial charge >= 0.3 is 12.1 Å². The highest BCUT2D eigenvalue weighted by molar-refractivity contribution is 5.98. The van der Waals surface area contributed by atoms with Crippen molar-refractivity contribution in [3.8, 4) is 0 Å². The fourth-order valence-electron chi connectivity index (χ4n) is 10.2. The number of primary amides is 1. The molecule has 1 saturated heterocycles.